The molecule has 6 rings (SSSR count). The summed E-state index contributed by atoms with van der Waals surface area (Å²) in [6.45, 7) is 7.04. The lowest BCUT2D eigenvalue weighted by Crippen LogP contribution is -2.44. The number of carboxylic acid groups (broad SMARTS) is 1. The Bertz CT molecular complexity index is 1430. The standard InChI is InChI=1S/C15H20N4O2.C12H11N3O.C3H6O/c1-17-5-7-19(8-6-17)10-14-16-12-4-3-11(15(20)21)9-13(12)18(14)2;1-15(11-5-3-2-4-6-11)12-7-10(8-16)13-9-14-12;1-2-4-3-1/h3-4,9H,5-8,10H2,1-2H3,(H,20,21);2-9H,1H3;1-3H2. The molecule has 2 aromatic carbocycles. The SMILES string of the molecule is C1COC1.CN(c1ccccc1)c1cc(C=O)ncn1.CN1CCN(Cc2nc3ccc(C(=O)O)cc3n2C)CC1. The molecule has 2 aliphatic heterocycles. The smallest absolute Gasteiger partial charge is 0.335 e. The van der Waals surface area contributed by atoms with Gasteiger partial charge in [0.25, 0.3) is 0 Å². The second-order valence-electron chi connectivity index (χ2n) is 9.95. The number of benzene rings is 2. The van der Waals surface area contributed by atoms with E-state index in [0.29, 0.717) is 23.4 Å². The molecular formula is C30H37N7O4. The summed E-state index contributed by atoms with van der Waals surface area (Å²) in [4.78, 5) is 40.9. The molecule has 41 heavy (non-hydrogen) atoms. The molecule has 2 aromatic heterocycles. The molecule has 11 nitrogen and oxygen atoms in total. The van der Waals surface area contributed by atoms with Crippen LogP contribution in [-0.4, -0.2) is 100 Å². The number of carbonyl (C=O) groups excluding carboxylic acids is 1. The number of carboxylic acids is 1. The van der Waals surface area contributed by atoms with Gasteiger partial charge in [0.05, 0.1) is 23.1 Å². The molecule has 0 bridgehead atoms. The van der Waals surface area contributed by atoms with Crippen molar-refractivity contribution < 1.29 is 19.4 Å². The Morgan fingerprint density at radius 3 is 2.32 bits per heavy atom. The number of aromatic carboxylic acids is 1. The van der Waals surface area contributed by atoms with Crippen molar-refractivity contribution >= 4 is 34.8 Å². The van der Waals surface area contributed by atoms with E-state index in [1.165, 1.54) is 12.7 Å². The van der Waals surface area contributed by atoms with Gasteiger partial charge in [-0.25, -0.2) is 19.7 Å². The maximum absolute atomic E-state index is 11.1. The molecule has 2 aliphatic rings. The minimum Gasteiger partial charge on any atom is -0.478 e. The Kier molecular flexibility index (Phi) is 10.5. The van der Waals surface area contributed by atoms with Gasteiger partial charge in [0.15, 0.2) is 6.29 Å². The van der Waals surface area contributed by atoms with Gasteiger partial charge in [0.2, 0.25) is 0 Å². The molecule has 0 amide bonds. The largest absolute Gasteiger partial charge is 0.478 e. The minimum atomic E-state index is -0.904. The summed E-state index contributed by atoms with van der Waals surface area (Å²) in [5, 5.41) is 9.09. The summed E-state index contributed by atoms with van der Waals surface area (Å²) in [5.74, 6) is 0.777. The van der Waals surface area contributed by atoms with Gasteiger partial charge in [-0.3, -0.25) is 9.69 Å². The lowest BCUT2D eigenvalue weighted by atomic mass is 10.2. The molecule has 2 fully saturated rings. The number of fused-ring (bicyclic) bond motifs is 1. The van der Waals surface area contributed by atoms with Gasteiger partial charge in [-0.15, -0.1) is 0 Å². The fraction of sp³-hybridized carbons (Fsp3) is 0.367. The predicted octanol–water partition coefficient (Wildman–Crippen LogP) is 3.48. The molecular weight excluding hydrogens is 522 g/mol. The molecule has 0 radical (unpaired) electrons. The van der Waals surface area contributed by atoms with E-state index in [4.69, 9.17) is 9.84 Å². The summed E-state index contributed by atoms with van der Waals surface area (Å²) in [5.41, 5.74) is 3.42. The highest BCUT2D eigenvalue weighted by molar-refractivity contribution is 5.92. The first-order valence-electron chi connectivity index (χ1n) is 13.6. The van der Waals surface area contributed by atoms with E-state index in [1.54, 1.807) is 24.3 Å². The van der Waals surface area contributed by atoms with Gasteiger partial charge in [-0.1, -0.05) is 18.2 Å². The number of aryl methyl sites for hydroxylation is 1. The van der Waals surface area contributed by atoms with Crippen LogP contribution in [0.2, 0.25) is 0 Å². The van der Waals surface area contributed by atoms with E-state index in [1.807, 2.05) is 53.9 Å². The average molecular weight is 560 g/mol. The van der Waals surface area contributed by atoms with Gasteiger partial charge in [0, 0.05) is 65.2 Å². The molecule has 2 saturated heterocycles. The topological polar surface area (TPSA) is 117 Å². The maximum atomic E-state index is 11.1. The van der Waals surface area contributed by atoms with E-state index in [2.05, 4.69) is 31.8 Å². The second kappa shape index (κ2) is 14.4. The predicted molar refractivity (Wildman–Crippen MR) is 158 cm³/mol. The number of carbonyl (C=O) groups is 2. The van der Waals surface area contributed by atoms with Crippen LogP contribution in [0, 0.1) is 0 Å². The fourth-order valence-corrected chi connectivity index (χ4v) is 4.26. The summed E-state index contributed by atoms with van der Waals surface area (Å²) < 4.78 is 6.72. The van der Waals surface area contributed by atoms with E-state index in [9.17, 15) is 9.59 Å². The number of hydrogen-bond donors (Lipinski definition) is 1. The lowest BCUT2D eigenvalue weighted by molar-refractivity contribution is 0.0367. The molecule has 0 atom stereocenters. The first-order chi connectivity index (χ1) is 19.9. The van der Waals surface area contributed by atoms with Crippen LogP contribution >= 0.6 is 0 Å². The Morgan fingerprint density at radius 2 is 1.71 bits per heavy atom. The number of aromatic nitrogens is 4. The molecule has 216 valence electrons. The average Bonchev–Trinajstić information content (AvgIpc) is 3.28. The molecule has 4 aromatic rings. The normalized spacial score (nSPS) is 15.1. The number of hydrogen-bond acceptors (Lipinski definition) is 9. The van der Waals surface area contributed by atoms with Crippen LogP contribution < -0.4 is 4.90 Å². The van der Waals surface area contributed by atoms with Crippen molar-refractivity contribution in [2.45, 2.75) is 13.0 Å². The molecule has 0 spiro atoms. The molecule has 1 N–H and O–H groups in total. The number of ether oxygens (including phenoxy) is 1. The highest BCUT2D eigenvalue weighted by Gasteiger charge is 2.17. The minimum absolute atomic E-state index is 0.302. The monoisotopic (exact) mass is 559 g/mol. The zero-order chi connectivity index (χ0) is 29.2. The van der Waals surface area contributed by atoms with Crippen molar-refractivity contribution in [1.82, 2.24) is 29.3 Å². The zero-order valence-corrected chi connectivity index (χ0v) is 23.8. The van der Waals surface area contributed by atoms with Crippen LogP contribution in [0.15, 0.2) is 60.9 Å². The molecule has 0 aliphatic carbocycles. The Morgan fingerprint density at radius 1 is 1.02 bits per heavy atom. The fourth-order valence-electron chi connectivity index (χ4n) is 4.26. The third-order valence-electron chi connectivity index (χ3n) is 7.04. The number of likely N-dealkylation sites (N-methyl/N-ethyl adjacent to an activating group) is 1. The molecule has 0 unspecified atom stereocenters. The van der Waals surface area contributed by atoms with Crippen LogP contribution in [0.3, 0.4) is 0 Å². The summed E-state index contributed by atoms with van der Waals surface area (Å²) in [6.07, 6.45) is 3.38. The van der Waals surface area contributed by atoms with Gasteiger partial charge >= 0.3 is 5.97 Å². The molecule has 11 heteroatoms. The second-order valence-corrected chi connectivity index (χ2v) is 9.95. The number of imidazole rings is 1. The van der Waals surface area contributed by atoms with Crippen molar-refractivity contribution in [1.29, 1.82) is 0 Å². The van der Waals surface area contributed by atoms with Gasteiger partial charge in [0.1, 0.15) is 23.7 Å². The Balaban J connectivity index is 0.000000171. The number of aldehydes is 1. The number of nitrogens with zero attached hydrogens (tertiary/aromatic N) is 7. The Labute approximate surface area is 240 Å². The van der Waals surface area contributed by atoms with E-state index < -0.39 is 5.97 Å². The Hall–Kier alpha value is -4.19. The lowest BCUT2D eigenvalue weighted by Gasteiger charge is -2.31. The number of para-hydroxylation sites is 1. The quantitative estimate of drug-likeness (QED) is 0.352. The molecule has 0 saturated carbocycles. The van der Waals surface area contributed by atoms with Crippen LogP contribution in [0.1, 0.15) is 33.1 Å². The van der Waals surface area contributed by atoms with E-state index in [-0.39, 0.29) is 0 Å². The highest BCUT2D eigenvalue weighted by Crippen LogP contribution is 2.21. The summed E-state index contributed by atoms with van der Waals surface area (Å²) in [6, 6.07) is 16.5. The molecule has 4 heterocycles. The van der Waals surface area contributed by atoms with Crippen molar-refractivity contribution in [3.8, 4) is 0 Å². The highest BCUT2D eigenvalue weighted by atomic mass is 16.5. The third-order valence-corrected chi connectivity index (χ3v) is 7.04. The van der Waals surface area contributed by atoms with Crippen LogP contribution in [0.25, 0.3) is 11.0 Å². The first kappa shape index (κ1) is 29.8. The van der Waals surface area contributed by atoms with Crippen molar-refractivity contribution in [3.05, 3.63) is 78.0 Å². The maximum Gasteiger partial charge on any atom is 0.335 e. The van der Waals surface area contributed by atoms with Crippen molar-refractivity contribution in [2.24, 2.45) is 7.05 Å². The van der Waals surface area contributed by atoms with Gasteiger partial charge in [-0.05, 0) is 43.8 Å². The van der Waals surface area contributed by atoms with Crippen LogP contribution in [0.4, 0.5) is 11.5 Å². The van der Waals surface area contributed by atoms with Gasteiger partial charge in [-0.2, -0.15) is 0 Å². The van der Waals surface area contributed by atoms with Crippen molar-refractivity contribution in [2.75, 3.05) is 58.4 Å². The van der Waals surface area contributed by atoms with Crippen molar-refractivity contribution in [3.63, 3.8) is 0 Å². The van der Waals surface area contributed by atoms with Gasteiger partial charge < -0.3 is 24.2 Å². The van der Waals surface area contributed by atoms with E-state index >= 15 is 0 Å². The third kappa shape index (κ3) is 8.16. The summed E-state index contributed by atoms with van der Waals surface area (Å²) >= 11 is 0. The van der Waals surface area contributed by atoms with Crippen LogP contribution in [0.5, 0.6) is 0 Å². The first-order valence-corrected chi connectivity index (χ1v) is 13.6. The zero-order valence-electron chi connectivity index (χ0n) is 23.8. The number of piperazine rings is 1. The summed E-state index contributed by atoms with van der Waals surface area (Å²) in [7, 11) is 5.98. The van der Waals surface area contributed by atoms with E-state index in [0.717, 1.165) is 68.5 Å². The van der Waals surface area contributed by atoms with Crippen LogP contribution in [-0.2, 0) is 18.3 Å². The number of rotatable bonds is 6. The number of anilines is 2.